The van der Waals surface area contributed by atoms with Gasteiger partial charge in [-0.2, -0.15) is 0 Å². The lowest BCUT2D eigenvalue weighted by Gasteiger charge is -2.18. The first kappa shape index (κ1) is 16.4. The second kappa shape index (κ2) is 8.48. The van der Waals surface area contributed by atoms with Crippen molar-refractivity contribution < 1.29 is 9.90 Å². The molecule has 4 nitrogen and oxygen atoms in total. The first-order chi connectivity index (χ1) is 7.82. The van der Waals surface area contributed by atoms with E-state index in [9.17, 15) is 9.90 Å². The topological polar surface area (TPSA) is 61.4 Å². The highest BCUT2D eigenvalue weighted by Gasteiger charge is 2.11. The van der Waals surface area contributed by atoms with E-state index in [0.717, 1.165) is 6.42 Å². The standard InChI is InChI=1S/C13H28N2O2/c1-9(2)6-12(16)7-14-8-13(17)15-11(5)10(3)4/h9-12,14,16H,6-8H2,1-5H3,(H,15,17). The van der Waals surface area contributed by atoms with Crippen LogP contribution in [0.2, 0.25) is 0 Å². The van der Waals surface area contributed by atoms with Gasteiger partial charge < -0.3 is 15.7 Å². The Morgan fingerprint density at radius 1 is 1.18 bits per heavy atom. The Kier molecular flexibility index (Phi) is 8.17. The summed E-state index contributed by atoms with van der Waals surface area (Å²) in [5.41, 5.74) is 0. The Hall–Kier alpha value is -0.610. The van der Waals surface area contributed by atoms with Crippen molar-refractivity contribution >= 4 is 5.91 Å². The highest BCUT2D eigenvalue weighted by Crippen LogP contribution is 2.03. The molecule has 0 saturated heterocycles. The van der Waals surface area contributed by atoms with E-state index in [1.807, 2.05) is 6.92 Å². The third-order valence-electron chi connectivity index (χ3n) is 2.80. The molecule has 1 amide bonds. The van der Waals surface area contributed by atoms with Gasteiger partial charge in [-0.15, -0.1) is 0 Å². The van der Waals surface area contributed by atoms with E-state index < -0.39 is 0 Å². The summed E-state index contributed by atoms with van der Waals surface area (Å²) in [6.45, 7) is 11.0. The Bertz CT molecular complexity index is 217. The van der Waals surface area contributed by atoms with Gasteiger partial charge >= 0.3 is 0 Å². The van der Waals surface area contributed by atoms with Crippen molar-refractivity contribution in [1.29, 1.82) is 0 Å². The van der Waals surface area contributed by atoms with Crippen LogP contribution in [0.5, 0.6) is 0 Å². The molecule has 0 aliphatic rings. The third kappa shape index (κ3) is 9.12. The lowest BCUT2D eigenvalue weighted by atomic mass is 10.1. The van der Waals surface area contributed by atoms with Gasteiger partial charge in [-0.3, -0.25) is 4.79 Å². The molecule has 3 N–H and O–H groups in total. The number of hydrogen-bond acceptors (Lipinski definition) is 3. The van der Waals surface area contributed by atoms with Gasteiger partial charge in [-0.25, -0.2) is 0 Å². The van der Waals surface area contributed by atoms with Crippen LogP contribution in [0.25, 0.3) is 0 Å². The minimum Gasteiger partial charge on any atom is -0.392 e. The fourth-order valence-electron chi connectivity index (χ4n) is 1.45. The quantitative estimate of drug-likeness (QED) is 0.600. The molecule has 0 aliphatic carbocycles. The Labute approximate surface area is 105 Å². The number of rotatable bonds is 8. The number of carbonyl (C=O) groups excluding carboxylic acids is 1. The van der Waals surface area contributed by atoms with E-state index in [4.69, 9.17) is 0 Å². The first-order valence-electron chi connectivity index (χ1n) is 6.51. The maximum atomic E-state index is 11.5. The summed E-state index contributed by atoms with van der Waals surface area (Å²) in [7, 11) is 0. The van der Waals surface area contributed by atoms with Gasteiger partial charge in [0.05, 0.1) is 12.6 Å². The molecule has 0 spiro atoms. The van der Waals surface area contributed by atoms with Gasteiger partial charge in [0.1, 0.15) is 0 Å². The molecule has 0 saturated carbocycles. The van der Waals surface area contributed by atoms with Crippen LogP contribution in [0, 0.1) is 11.8 Å². The molecule has 17 heavy (non-hydrogen) atoms. The SMILES string of the molecule is CC(C)CC(O)CNCC(=O)NC(C)C(C)C. The van der Waals surface area contributed by atoms with E-state index in [-0.39, 0.29) is 24.6 Å². The molecular weight excluding hydrogens is 216 g/mol. The van der Waals surface area contributed by atoms with Crippen LogP contribution >= 0.6 is 0 Å². The predicted molar refractivity (Wildman–Crippen MR) is 70.8 cm³/mol. The van der Waals surface area contributed by atoms with Crippen LogP contribution in [-0.2, 0) is 4.79 Å². The summed E-state index contributed by atoms with van der Waals surface area (Å²) in [5, 5.41) is 15.5. The second-order valence-electron chi connectivity index (χ2n) is 5.51. The van der Waals surface area contributed by atoms with Crippen molar-refractivity contribution in [2.75, 3.05) is 13.1 Å². The summed E-state index contributed by atoms with van der Waals surface area (Å²) in [5.74, 6) is 0.898. The van der Waals surface area contributed by atoms with Gasteiger partial charge in [-0.05, 0) is 25.2 Å². The van der Waals surface area contributed by atoms with Crippen molar-refractivity contribution in [2.24, 2.45) is 11.8 Å². The van der Waals surface area contributed by atoms with E-state index in [1.165, 1.54) is 0 Å². The predicted octanol–water partition coefficient (Wildman–Crippen LogP) is 1.14. The molecular formula is C13H28N2O2. The second-order valence-corrected chi connectivity index (χ2v) is 5.51. The zero-order valence-electron chi connectivity index (χ0n) is 11.8. The molecule has 4 heteroatoms. The Morgan fingerprint density at radius 2 is 1.76 bits per heavy atom. The van der Waals surface area contributed by atoms with Crippen molar-refractivity contribution in [2.45, 2.75) is 53.2 Å². The number of hydrogen-bond donors (Lipinski definition) is 3. The molecule has 2 unspecified atom stereocenters. The summed E-state index contributed by atoms with van der Waals surface area (Å²) in [6, 6.07) is 0.185. The van der Waals surface area contributed by atoms with Crippen molar-refractivity contribution in [3.05, 3.63) is 0 Å². The molecule has 0 aromatic rings. The Morgan fingerprint density at radius 3 is 2.24 bits per heavy atom. The Balaban J connectivity index is 3.64. The molecule has 0 aliphatic heterocycles. The number of carbonyl (C=O) groups is 1. The molecule has 0 heterocycles. The maximum absolute atomic E-state index is 11.5. The summed E-state index contributed by atoms with van der Waals surface area (Å²) in [4.78, 5) is 11.5. The monoisotopic (exact) mass is 244 g/mol. The van der Waals surface area contributed by atoms with Crippen LogP contribution in [0.15, 0.2) is 0 Å². The van der Waals surface area contributed by atoms with Gasteiger partial charge in [0, 0.05) is 12.6 Å². The van der Waals surface area contributed by atoms with Crippen LogP contribution in [-0.4, -0.2) is 36.2 Å². The van der Waals surface area contributed by atoms with Crippen LogP contribution < -0.4 is 10.6 Å². The van der Waals surface area contributed by atoms with Crippen LogP contribution in [0.3, 0.4) is 0 Å². The lowest BCUT2D eigenvalue weighted by molar-refractivity contribution is -0.121. The van der Waals surface area contributed by atoms with Gasteiger partial charge in [0.15, 0.2) is 0 Å². The highest BCUT2D eigenvalue weighted by atomic mass is 16.3. The molecule has 0 rings (SSSR count). The normalized spacial score (nSPS) is 15.1. The van der Waals surface area contributed by atoms with E-state index in [2.05, 4.69) is 38.3 Å². The minimum absolute atomic E-state index is 0.0112. The van der Waals surface area contributed by atoms with E-state index in [0.29, 0.717) is 18.4 Å². The third-order valence-corrected chi connectivity index (χ3v) is 2.80. The van der Waals surface area contributed by atoms with Gasteiger partial charge in [0.2, 0.25) is 5.91 Å². The molecule has 102 valence electrons. The van der Waals surface area contributed by atoms with Crippen molar-refractivity contribution in [3.63, 3.8) is 0 Å². The summed E-state index contributed by atoms with van der Waals surface area (Å²) >= 11 is 0. The maximum Gasteiger partial charge on any atom is 0.234 e. The summed E-state index contributed by atoms with van der Waals surface area (Å²) < 4.78 is 0. The van der Waals surface area contributed by atoms with E-state index >= 15 is 0 Å². The number of amides is 1. The molecule has 0 aromatic heterocycles. The largest absolute Gasteiger partial charge is 0.392 e. The van der Waals surface area contributed by atoms with Gasteiger partial charge in [0.25, 0.3) is 0 Å². The van der Waals surface area contributed by atoms with Crippen molar-refractivity contribution in [1.82, 2.24) is 10.6 Å². The zero-order valence-corrected chi connectivity index (χ0v) is 11.8. The van der Waals surface area contributed by atoms with Crippen LogP contribution in [0.4, 0.5) is 0 Å². The zero-order chi connectivity index (χ0) is 13.4. The lowest BCUT2D eigenvalue weighted by Crippen LogP contribution is -2.42. The molecule has 2 atom stereocenters. The first-order valence-corrected chi connectivity index (χ1v) is 6.51. The van der Waals surface area contributed by atoms with Crippen LogP contribution in [0.1, 0.15) is 41.0 Å². The molecule has 0 radical (unpaired) electrons. The molecule has 0 bridgehead atoms. The molecule has 0 fully saturated rings. The number of aliphatic hydroxyl groups excluding tert-OH is 1. The average Bonchev–Trinajstić information content (AvgIpc) is 2.15. The average molecular weight is 244 g/mol. The number of aliphatic hydroxyl groups is 1. The van der Waals surface area contributed by atoms with Crippen molar-refractivity contribution in [3.8, 4) is 0 Å². The highest BCUT2D eigenvalue weighted by molar-refractivity contribution is 5.78. The fourth-order valence-corrected chi connectivity index (χ4v) is 1.45. The fraction of sp³-hybridized carbons (Fsp3) is 0.923. The molecule has 0 aromatic carbocycles. The minimum atomic E-state index is -0.370. The summed E-state index contributed by atoms with van der Waals surface area (Å²) in [6.07, 6.45) is 0.391. The van der Waals surface area contributed by atoms with Gasteiger partial charge in [-0.1, -0.05) is 27.7 Å². The number of nitrogens with one attached hydrogen (secondary N) is 2. The van der Waals surface area contributed by atoms with E-state index in [1.54, 1.807) is 0 Å². The smallest absolute Gasteiger partial charge is 0.234 e.